The molecular weight excluding hydrogens is 452 g/mol. The normalized spacial score (nSPS) is 14.4. The monoisotopic (exact) mass is 476 g/mol. The van der Waals surface area contributed by atoms with Crippen molar-refractivity contribution in [1.82, 2.24) is 14.8 Å². The average Bonchev–Trinajstić information content (AvgIpc) is 3.32. The largest absolute Gasteiger partial charge is 0.495 e. The summed E-state index contributed by atoms with van der Waals surface area (Å²) >= 11 is 0. The molecule has 36 heavy (non-hydrogen) atoms. The smallest absolute Gasteiger partial charge is 0.255 e. The van der Waals surface area contributed by atoms with Crippen molar-refractivity contribution in [2.24, 2.45) is 0 Å². The number of aryl methyl sites for hydroxylation is 1. The number of nitrogens with zero attached hydrogens (tertiary/aromatic N) is 4. The number of benzene rings is 3. The molecule has 0 fully saturated rings. The van der Waals surface area contributed by atoms with Crippen LogP contribution in [0.15, 0.2) is 84.1 Å². The van der Waals surface area contributed by atoms with Crippen LogP contribution in [0.3, 0.4) is 0 Å². The highest BCUT2D eigenvalue weighted by Gasteiger charge is 2.34. The van der Waals surface area contributed by atoms with Crippen LogP contribution in [0.5, 0.6) is 5.75 Å². The van der Waals surface area contributed by atoms with Gasteiger partial charge >= 0.3 is 0 Å². The highest BCUT2D eigenvalue weighted by atomic mass is 16.5. The number of para-hydroxylation sites is 2. The van der Waals surface area contributed by atoms with E-state index in [9.17, 15) is 10.1 Å². The second-order valence-corrected chi connectivity index (χ2v) is 8.52. The quantitative estimate of drug-likeness (QED) is 0.417. The number of anilines is 2. The molecule has 2 heterocycles. The van der Waals surface area contributed by atoms with Crippen molar-refractivity contribution in [3.63, 3.8) is 0 Å². The Morgan fingerprint density at radius 1 is 1.06 bits per heavy atom. The maximum absolute atomic E-state index is 13.7. The van der Waals surface area contributed by atoms with E-state index in [1.165, 1.54) is 0 Å². The molecule has 1 amide bonds. The lowest BCUT2D eigenvalue weighted by atomic mass is 9.94. The van der Waals surface area contributed by atoms with E-state index in [0.717, 1.165) is 16.7 Å². The van der Waals surface area contributed by atoms with Crippen LogP contribution in [0.4, 0.5) is 11.6 Å². The van der Waals surface area contributed by atoms with Crippen molar-refractivity contribution in [3.05, 3.63) is 101 Å². The van der Waals surface area contributed by atoms with Gasteiger partial charge in [-0.05, 0) is 43.7 Å². The minimum absolute atomic E-state index is 0.295. The number of aromatic nitrogens is 3. The Balaban J connectivity index is 1.60. The van der Waals surface area contributed by atoms with Crippen LogP contribution >= 0.6 is 0 Å². The summed E-state index contributed by atoms with van der Waals surface area (Å²) in [4.78, 5) is 18.4. The van der Waals surface area contributed by atoms with Crippen LogP contribution in [0.25, 0.3) is 11.4 Å². The molecule has 0 radical (unpaired) electrons. The summed E-state index contributed by atoms with van der Waals surface area (Å²) in [5, 5.41) is 20.3. The molecule has 1 aromatic heterocycles. The lowest BCUT2D eigenvalue weighted by Crippen LogP contribution is -2.31. The van der Waals surface area contributed by atoms with E-state index in [2.05, 4.69) is 16.7 Å². The fourth-order valence-corrected chi connectivity index (χ4v) is 4.26. The number of carbonyl (C=O) groups is 1. The van der Waals surface area contributed by atoms with Gasteiger partial charge in [-0.25, -0.2) is 4.68 Å². The molecule has 1 aliphatic rings. The van der Waals surface area contributed by atoms with Crippen molar-refractivity contribution in [3.8, 4) is 23.2 Å². The van der Waals surface area contributed by atoms with E-state index in [4.69, 9.17) is 14.8 Å². The molecule has 178 valence electrons. The molecule has 0 saturated heterocycles. The number of hydrogen-bond acceptors (Lipinski definition) is 6. The van der Waals surface area contributed by atoms with Gasteiger partial charge in [0.2, 0.25) is 5.95 Å². The maximum Gasteiger partial charge on any atom is 0.255 e. The minimum Gasteiger partial charge on any atom is -0.495 e. The van der Waals surface area contributed by atoms with E-state index < -0.39 is 6.04 Å². The molecule has 0 spiro atoms. The SMILES string of the molecule is COc1ccccc1NC(=O)C1=C(C)Nc2nc(-c3ccc(C)cc3)nn2C1c1ccc(C#N)cc1. The zero-order valence-electron chi connectivity index (χ0n) is 20.1. The van der Waals surface area contributed by atoms with E-state index >= 15 is 0 Å². The molecular formula is C28H24N6O2. The van der Waals surface area contributed by atoms with E-state index in [0.29, 0.717) is 40.0 Å². The number of fused-ring (bicyclic) bond motifs is 1. The number of allylic oxidation sites excluding steroid dienone is 1. The number of hydrogen-bond donors (Lipinski definition) is 2. The molecule has 1 unspecified atom stereocenters. The number of methoxy groups -OCH3 is 1. The van der Waals surface area contributed by atoms with Gasteiger partial charge < -0.3 is 15.4 Å². The zero-order chi connectivity index (χ0) is 25.2. The number of amides is 1. The number of carbonyl (C=O) groups excluding carboxylic acids is 1. The van der Waals surface area contributed by atoms with Crippen LogP contribution in [-0.4, -0.2) is 27.8 Å². The first-order valence-corrected chi connectivity index (χ1v) is 11.4. The third-order valence-corrected chi connectivity index (χ3v) is 6.12. The predicted octanol–water partition coefficient (Wildman–Crippen LogP) is 5.06. The Morgan fingerprint density at radius 2 is 1.78 bits per heavy atom. The highest BCUT2D eigenvalue weighted by molar-refractivity contribution is 6.06. The Bertz CT molecular complexity index is 1510. The molecule has 0 saturated carbocycles. The van der Waals surface area contributed by atoms with Crippen LogP contribution < -0.4 is 15.4 Å². The number of rotatable bonds is 5. The number of nitrogens with one attached hydrogen (secondary N) is 2. The highest BCUT2D eigenvalue weighted by Crippen LogP contribution is 2.37. The van der Waals surface area contributed by atoms with Gasteiger partial charge in [-0.1, -0.05) is 54.1 Å². The molecule has 1 atom stereocenters. The molecule has 0 aliphatic carbocycles. The van der Waals surface area contributed by atoms with Gasteiger partial charge in [0.25, 0.3) is 5.91 Å². The Kier molecular flexibility index (Phi) is 5.97. The second-order valence-electron chi connectivity index (χ2n) is 8.52. The summed E-state index contributed by atoms with van der Waals surface area (Å²) in [6, 6.07) is 24.0. The Hall–Kier alpha value is -4.90. The molecule has 8 nitrogen and oxygen atoms in total. The third kappa shape index (κ3) is 4.18. The summed E-state index contributed by atoms with van der Waals surface area (Å²) in [6.45, 7) is 3.87. The van der Waals surface area contributed by atoms with E-state index in [1.54, 1.807) is 36.1 Å². The Labute approximate surface area is 208 Å². The summed E-state index contributed by atoms with van der Waals surface area (Å²) < 4.78 is 7.13. The van der Waals surface area contributed by atoms with Crippen LogP contribution in [0.2, 0.25) is 0 Å². The van der Waals surface area contributed by atoms with Gasteiger partial charge in [0, 0.05) is 11.3 Å². The van der Waals surface area contributed by atoms with Gasteiger partial charge in [0.15, 0.2) is 5.82 Å². The van der Waals surface area contributed by atoms with Crippen molar-refractivity contribution in [2.75, 3.05) is 17.7 Å². The van der Waals surface area contributed by atoms with Gasteiger partial charge in [-0.15, -0.1) is 5.10 Å². The van der Waals surface area contributed by atoms with Crippen LogP contribution in [-0.2, 0) is 4.79 Å². The molecule has 5 rings (SSSR count). The number of ether oxygens (including phenoxy) is 1. The topological polar surface area (TPSA) is 105 Å². The second kappa shape index (κ2) is 9.39. The molecule has 1 aliphatic heterocycles. The first-order valence-electron chi connectivity index (χ1n) is 11.4. The summed E-state index contributed by atoms with van der Waals surface area (Å²) in [6.07, 6.45) is 0. The molecule has 8 heteroatoms. The van der Waals surface area contributed by atoms with Gasteiger partial charge in [0.05, 0.1) is 30.0 Å². The third-order valence-electron chi connectivity index (χ3n) is 6.12. The maximum atomic E-state index is 13.7. The van der Waals surface area contributed by atoms with Gasteiger partial charge in [0.1, 0.15) is 11.8 Å². The Morgan fingerprint density at radius 3 is 2.47 bits per heavy atom. The first-order chi connectivity index (χ1) is 17.5. The van der Waals surface area contributed by atoms with Crippen LogP contribution in [0.1, 0.15) is 29.7 Å². The van der Waals surface area contributed by atoms with E-state index in [-0.39, 0.29) is 5.91 Å². The first kappa shape index (κ1) is 22.9. The fraction of sp³-hybridized carbons (Fsp3) is 0.143. The molecule has 3 aromatic carbocycles. The zero-order valence-corrected chi connectivity index (χ0v) is 20.1. The summed E-state index contributed by atoms with van der Waals surface area (Å²) in [5.41, 5.74) is 5.07. The fourth-order valence-electron chi connectivity index (χ4n) is 4.26. The van der Waals surface area contributed by atoms with E-state index in [1.807, 2.05) is 62.4 Å². The lowest BCUT2D eigenvalue weighted by molar-refractivity contribution is -0.113. The average molecular weight is 477 g/mol. The van der Waals surface area contributed by atoms with Gasteiger partial charge in [-0.2, -0.15) is 10.2 Å². The molecule has 0 bridgehead atoms. The molecule has 4 aromatic rings. The van der Waals surface area contributed by atoms with Crippen molar-refractivity contribution in [1.29, 1.82) is 5.26 Å². The minimum atomic E-state index is -0.560. The summed E-state index contributed by atoms with van der Waals surface area (Å²) in [5.74, 6) is 1.35. The standard InChI is InChI=1S/C28H24N6O2/c1-17-8-12-21(13-9-17)26-32-28-30-18(2)24(27(35)31-22-6-4-5-7-23(22)36-3)25(34(28)33-26)20-14-10-19(16-29)11-15-20/h4-15,25H,1-3H3,(H,31,35)(H,30,32,33). The predicted molar refractivity (Wildman–Crippen MR) is 137 cm³/mol. The van der Waals surface area contributed by atoms with Crippen molar-refractivity contribution < 1.29 is 9.53 Å². The van der Waals surface area contributed by atoms with Gasteiger partial charge in [-0.3, -0.25) is 4.79 Å². The van der Waals surface area contributed by atoms with Crippen LogP contribution in [0, 0.1) is 18.3 Å². The van der Waals surface area contributed by atoms with Crippen molar-refractivity contribution >= 4 is 17.5 Å². The lowest BCUT2D eigenvalue weighted by Gasteiger charge is -2.28. The number of nitriles is 1. The summed E-state index contributed by atoms with van der Waals surface area (Å²) in [7, 11) is 1.56. The molecule has 2 N–H and O–H groups in total. The van der Waals surface area contributed by atoms with Crippen molar-refractivity contribution in [2.45, 2.75) is 19.9 Å².